The minimum Gasteiger partial charge on any atom is -0.327 e. The molecule has 0 bridgehead atoms. The van der Waals surface area contributed by atoms with Crippen LogP contribution in [0.4, 0.5) is 0 Å². The Morgan fingerprint density at radius 2 is 1.27 bits per heavy atom. The topological polar surface area (TPSA) is 26.0 Å². The Balaban J connectivity index is 2.05. The van der Waals surface area contributed by atoms with Gasteiger partial charge in [0.25, 0.3) is 0 Å². The van der Waals surface area contributed by atoms with Gasteiger partial charge in [0, 0.05) is 6.54 Å². The molecule has 0 aromatic heterocycles. The van der Waals surface area contributed by atoms with E-state index in [4.69, 9.17) is 5.73 Å². The average Bonchev–Trinajstić information content (AvgIpc) is 2.61. The van der Waals surface area contributed by atoms with Crippen LogP contribution in [0.5, 0.6) is 0 Å². The molecule has 0 radical (unpaired) electrons. The first-order chi connectivity index (χ1) is 10.9. The standard InChI is InChI=1S/C21H19N/c22-15-14-21(18-10-5-2-6-11-18)20-13-7-12-19(16-20)17-8-3-1-4-9-17/h1-14,16H,15,22H2/b21-14+. The van der Waals surface area contributed by atoms with Gasteiger partial charge in [-0.2, -0.15) is 0 Å². The number of benzene rings is 3. The van der Waals surface area contributed by atoms with Crippen LogP contribution in [-0.4, -0.2) is 6.54 Å². The van der Waals surface area contributed by atoms with Gasteiger partial charge in [-0.25, -0.2) is 0 Å². The molecule has 0 spiro atoms. The van der Waals surface area contributed by atoms with Gasteiger partial charge in [-0.1, -0.05) is 84.9 Å². The molecule has 0 amide bonds. The zero-order valence-corrected chi connectivity index (χ0v) is 12.4. The molecule has 1 heteroatoms. The molecular formula is C21H19N. The van der Waals surface area contributed by atoms with E-state index in [1.165, 1.54) is 27.8 Å². The SMILES string of the molecule is NC/C=C(\c1ccccc1)c1cccc(-c2ccccc2)c1. The van der Waals surface area contributed by atoms with E-state index in [9.17, 15) is 0 Å². The summed E-state index contributed by atoms with van der Waals surface area (Å²) in [6, 6.07) is 29.4. The summed E-state index contributed by atoms with van der Waals surface area (Å²) in [5, 5.41) is 0. The van der Waals surface area contributed by atoms with E-state index >= 15 is 0 Å². The van der Waals surface area contributed by atoms with Crippen LogP contribution in [0.1, 0.15) is 11.1 Å². The maximum absolute atomic E-state index is 5.78. The number of hydrogen-bond donors (Lipinski definition) is 1. The van der Waals surface area contributed by atoms with Crippen molar-refractivity contribution in [2.24, 2.45) is 5.73 Å². The first-order valence-corrected chi connectivity index (χ1v) is 7.50. The number of hydrogen-bond acceptors (Lipinski definition) is 1. The molecule has 0 heterocycles. The molecule has 0 atom stereocenters. The van der Waals surface area contributed by atoms with E-state index in [-0.39, 0.29) is 0 Å². The van der Waals surface area contributed by atoms with Gasteiger partial charge in [0.05, 0.1) is 0 Å². The van der Waals surface area contributed by atoms with Crippen LogP contribution in [0.2, 0.25) is 0 Å². The zero-order chi connectivity index (χ0) is 15.2. The quantitative estimate of drug-likeness (QED) is 0.736. The zero-order valence-electron chi connectivity index (χ0n) is 12.4. The molecule has 3 aromatic carbocycles. The van der Waals surface area contributed by atoms with E-state index in [2.05, 4.69) is 78.9 Å². The lowest BCUT2D eigenvalue weighted by molar-refractivity contribution is 1.25. The highest BCUT2D eigenvalue weighted by atomic mass is 14.5. The van der Waals surface area contributed by atoms with Crippen molar-refractivity contribution in [2.45, 2.75) is 0 Å². The molecule has 0 aliphatic carbocycles. The Hall–Kier alpha value is -2.64. The second kappa shape index (κ2) is 6.88. The smallest absolute Gasteiger partial charge is 0.0116 e. The van der Waals surface area contributed by atoms with Crippen LogP contribution in [0.3, 0.4) is 0 Å². The van der Waals surface area contributed by atoms with Crippen molar-refractivity contribution in [3.05, 3.63) is 102 Å². The van der Waals surface area contributed by atoms with Crippen molar-refractivity contribution < 1.29 is 0 Å². The number of nitrogens with two attached hydrogens (primary N) is 1. The molecular weight excluding hydrogens is 266 g/mol. The van der Waals surface area contributed by atoms with E-state index in [0.29, 0.717) is 6.54 Å². The van der Waals surface area contributed by atoms with E-state index in [0.717, 1.165) is 0 Å². The summed E-state index contributed by atoms with van der Waals surface area (Å²) >= 11 is 0. The molecule has 0 saturated carbocycles. The molecule has 108 valence electrons. The maximum atomic E-state index is 5.78. The summed E-state index contributed by atoms with van der Waals surface area (Å²) in [4.78, 5) is 0. The Bertz CT molecular complexity index is 758. The van der Waals surface area contributed by atoms with Gasteiger partial charge in [0.1, 0.15) is 0 Å². The van der Waals surface area contributed by atoms with Gasteiger partial charge >= 0.3 is 0 Å². The second-order valence-corrected chi connectivity index (χ2v) is 5.17. The van der Waals surface area contributed by atoms with Crippen LogP contribution in [0, 0.1) is 0 Å². The lowest BCUT2D eigenvalue weighted by Gasteiger charge is -2.10. The second-order valence-electron chi connectivity index (χ2n) is 5.17. The average molecular weight is 285 g/mol. The lowest BCUT2D eigenvalue weighted by atomic mass is 9.94. The molecule has 3 rings (SSSR count). The molecule has 3 aromatic rings. The normalized spacial score (nSPS) is 11.4. The lowest BCUT2D eigenvalue weighted by Crippen LogP contribution is -1.97. The first-order valence-electron chi connectivity index (χ1n) is 7.50. The fourth-order valence-corrected chi connectivity index (χ4v) is 2.63. The van der Waals surface area contributed by atoms with Gasteiger partial charge in [-0.05, 0) is 33.9 Å². The molecule has 0 saturated heterocycles. The van der Waals surface area contributed by atoms with Crippen LogP contribution < -0.4 is 5.73 Å². The summed E-state index contributed by atoms with van der Waals surface area (Å²) in [7, 11) is 0. The molecule has 0 unspecified atom stereocenters. The minimum atomic E-state index is 0.528. The third-order valence-corrected chi connectivity index (χ3v) is 3.69. The van der Waals surface area contributed by atoms with Crippen LogP contribution in [0.25, 0.3) is 16.7 Å². The van der Waals surface area contributed by atoms with Gasteiger partial charge in [-0.15, -0.1) is 0 Å². The van der Waals surface area contributed by atoms with Crippen molar-refractivity contribution in [1.82, 2.24) is 0 Å². The van der Waals surface area contributed by atoms with Crippen molar-refractivity contribution in [3.63, 3.8) is 0 Å². The highest BCUT2D eigenvalue weighted by molar-refractivity contribution is 5.82. The maximum Gasteiger partial charge on any atom is 0.0116 e. The van der Waals surface area contributed by atoms with Crippen LogP contribution >= 0.6 is 0 Å². The highest BCUT2D eigenvalue weighted by Crippen LogP contribution is 2.27. The molecule has 2 N–H and O–H groups in total. The molecule has 0 aliphatic rings. The molecule has 0 aliphatic heterocycles. The summed E-state index contributed by atoms with van der Waals surface area (Å²) in [6.07, 6.45) is 2.08. The van der Waals surface area contributed by atoms with Crippen molar-refractivity contribution in [2.75, 3.05) is 6.54 Å². The van der Waals surface area contributed by atoms with E-state index in [1.807, 2.05) is 12.1 Å². The van der Waals surface area contributed by atoms with Gasteiger partial charge < -0.3 is 5.73 Å². The van der Waals surface area contributed by atoms with Gasteiger partial charge in [0.15, 0.2) is 0 Å². The van der Waals surface area contributed by atoms with Crippen molar-refractivity contribution >= 4 is 5.57 Å². The predicted molar refractivity (Wildman–Crippen MR) is 94.5 cm³/mol. The highest BCUT2D eigenvalue weighted by Gasteiger charge is 2.06. The van der Waals surface area contributed by atoms with Gasteiger partial charge in [-0.3, -0.25) is 0 Å². The Morgan fingerprint density at radius 1 is 0.682 bits per heavy atom. The monoisotopic (exact) mass is 285 g/mol. The summed E-state index contributed by atoms with van der Waals surface area (Å²) in [5.41, 5.74) is 11.8. The molecule has 22 heavy (non-hydrogen) atoms. The fraction of sp³-hybridized carbons (Fsp3) is 0.0476. The predicted octanol–water partition coefficient (Wildman–Crippen LogP) is 4.74. The van der Waals surface area contributed by atoms with Crippen molar-refractivity contribution in [1.29, 1.82) is 0 Å². The third kappa shape index (κ3) is 3.16. The summed E-state index contributed by atoms with van der Waals surface area (Å²) in [6.45, 7) is 0.528. The molecule has 1 nitrogen and oxygen atoms in total. The first kappa shape index (κ1) is 14.3. The summed E-state index contributed by atoms with van der Waals surface area (Å²) in [5.74, 6) is 0. The Kier molecular flexibility index (Phi) is 4.47. The minimum absolute atomic E-state index is 0.528. The molecule has 0 fully saturated rings. The third-order valence-electron chi connectivity index (χ3n) is 3.69. The van der Waals surface area contributed by atoms with Crippen LogP contribution in [-0.2, 0) is 0 Å². The van der Waals surface area contributed by atoms with Gasteiger partial charge in [0.2, 0.25) is 0 Å². The van der Waals surface area contributed by atoms with Crippen LogP contribution in [0.15, 0.2) is 91.0 Å². The summed E-state index contributed by atoms with van der Waals surface area (Å²) < 4.78 is 0. The van der Waals surface area contributed by atoms with E-state index < -0.39 is 0 Å². The Morgan fingerprint density at radius 3 is 1.95 bits per heavy atom. The number of rotatable bonds is 4. The largest absolute Gasteiger partial charge is 0.327 e. The van der Waals surface area contributed by atoms with E-state index in [1.54, 1.807) is 0 Å². The fourth-order valence-electron chi connectivity index (χ4n) is 2.63. The van der Waals surface area contributed by atoms with Crippen molar-refractivity contribution in [3.8, 4) is 11.1 Å². The Labute approximate surface area is 131 Å².